The second-order valence-corrected chi connectivity index (χ2v) is 8.79. The van der Waals surface area contributed by atoms with Gasteiger partial charge in [0.05, 0.1) is 11.7 Å². The lowest BCUT2D eigenvalue weighted by molar-refractivity contribution is 0.0747. The van der Waals surface area contributed by atoms with Crippen LogP contribution in [0.4, 0.5) is 10.6 Å². The van der Waals surface area contributed by atoms with Crippen LogP contribution in [0.15, 0.2) is 41.5 Å². The van der Waals surface area contributed by atoms with Gasteiger partial charge in [-0.2, -0.15) is 5.26 Å². The van der Waals surface area contributed by atoms with Crippen molar-refractivity contribution in [1.29, 1.82) is 5.26 Å². The zero-order chi connectivity index (χ0) is 22.3. The number of H-pyrrole nitrogens is 1. The maximum absolute atomic E-state index is 12.1. The van der Waals surface area contributed by atoms with Gasteiger partial charge in [-0.15, -0.1) is 0 Å². The normalized spacial score (nSPS) is 17.0. The van der Waals surface area contributed by atoms with Crippen LogP contribution in [-0.2, 0) is 0 Å². The first-order chi connectivity index (χ1) is 14.7. The highest BCUT2D eigenvalue weighted by Gasteiger charge is 2.38. The molecular formula is C22H24N6O3. The monoisotopic (exact) mass is 420 g/mol. The van der Waals surface area contributed by atoms with Gasteiger partial charge < -0.3 is 19.9 Å². The molecule has 1 aliphatic heterocycles. The van der Waals surface area contributed by atoms with Crippen molar-refractivity contribution in [3.63, 3.8) is 0 Å². The van der Waals surface area contributed by atoms with Crippen molar-refractivity contribution in [3.8, 4) is 17.3 Å². The van der Waals surface area contributed by atoms with E-state index >= 15 is 0 Å². The predicted molar refractivity (Wildman–Crippen MR) is 116 cm³/mol. The van der Waals surface area contributed by atoms with Crippen molar-refractivity contribution in [2.75, 3.05) is 24.5 Å². The molecule has 31 heavy (non-hydrogen) atoms. The molecule has 1 atom stereocenters. The summed E-state index contributed by atoms with van der Waals surface area (Å²) < 4.78 is 1.69. The van der Waals surface area contributed by atoms with Crippen molar-refractivity contribution >= 4 is 17.6 Å². The Morgan fingerprint density at radius 1 is 1.29 bits per heavy atom. The van der Waals surface area contributed by atoms with E-state index in [1.807, 2.05) is 32.9 Å². The van der Waals surface area contributed by atoms with Gasteiger partial charge in [-0.3, -0.25) is 9.20 Å². The van der Waals surface area contributed by atoms with Crippen LogP contribution in [0.1, 0.15) is 26.5 Å². The predicted octanol–water partition coefficient (Wildman–Crippen LogP) is 2.78. The van der Waals surface area contributed by atoms with Crippen molar-refractivity contribution < 1.29 is 9.90 Å². The van der Waals surface area contributed by atoms with Gasteiger partial charge in [-0.1, -0.05) is 20.8 Å². The van der Waals surface area contributed by atoms with Gasteiger partial charge in [-0.05, 0) is 17.5 Å². The number of rotatable bonds is 2. The Hall–Kier alpha value is -3.80. The number of nitrogens with one attached hydrogen (secondary N) is 1. The van der Waals surface area contributed by atoms with E-state index in [4.69, 9.17) is 0 Å². The number of hydrogen-bond acceptors (Lipinski definition) is 5. The Labute approximate surface area is 179 Å². The molecule has 0 radical (unpaired) electrons. The van der Waals surface area contributed by atoms with Crippen LogP contribution in [-0.4, -0.2) is 56.1 Å². The van der Waals surface area contributed by atoms with Gasteiger partial charge in [0.25, 0.3) is 0 Å². The van der Waals surface area contributed by atoms with Crippen LogP contribution in [0.3, 0.4) is 0 Å². The number of carboxylic acid groups (broad SMARTS) is 1. The maximum atomic E-state index is 12.1. The van der Waals surface area contributed by atoms with Crippen molar-refractivity contribution in [2.24, 2.45) is 5.41 Å². The van der Waals surface area contributed by atoms with Crippen molar-refractivity contribution in [1.82, 2.24) is 19.3 Å². The smallest absolute Gasteiger partial charge is 0.407 e. The summed E-state index contributed by atoms with van der Waals surface area (Å²) in [5, 5.41) is 19.0. The minimum atomic E-state index is -0.902. The van der Waals surface area contributed by atoms with Crippen LogP contribution in [0, 0.1) is 16.7 Å². The molecule has 3 aromatic rings. The summed E-state index contributed by atoms with van der Waals surface area (Å²) in [5.74, 6) is 0.747. The molecule has 160 valence electrons. The summed E-state index contributed by atoms with van der Waals surface area (Å²) in [6.07, 6.45) is 2.34. The molecule has 1 fully saturated rings. The lowest BCUT2D eigenvalue weighted by Crippen LogP contribution is -2.59. The Morgan fingerprint density at radius 2 is 2.06 bits per heavy atom. The SMILES string of the molecule is CC(C)(C)C1CN(c2ccc(-c3cc(=O)cc4[nH]cc(C#N)n34)cn2)CCN1C(=O)O. The Kier molecular flexibility index (Phi) is 4.93. The molecular weight excluding hydrogens is 396 g/mol. The number of nitriles is 1. The van der Waals surface area contributed by atoms with E-state index in [0.717, 1.165) is 5.82 Å². The molecule has 0 aliphatic carbocycles. The van der Waals surface area contributed by atoms with Gasteiger partial charge in [0, 0.05) is 49.7 Å². The summed E-state index contributed by atoms with van der Waals surface area (Å²) in [6, 6.07) is 8.63. The minimum Gasteiger partial charge on any atom is -0.465 e. The molecule has 1 aliphatic rings. The molecule has 0 saturated carbocycles. The fraction of sp³-hybridized carbons (Fsp3) is 0.364. The van der Waals surface area contributed by atoms with E-state index in [-0.39, 0.29) is 16.9 Å². The van der Waals surface area contributed by atoms with Gasteiger partial charge in [-0.25, -0.2) is 9.78 Å². The lowest BCUT2D eigenvalue weighted by Gasteiger charge is -2.46. The number of hydrogen-bond donors (Lipinski definition) is 2. The van der Waals surface area contributed by atoms with Crippen LogP contribution >= 0.6 is 0 Å². The highest BCUT2D eigenvalue weighted by Crippen LogP contribution is 2.30. The number of aromatic nitrogens is 3. The van der Waals surface area contributed by atoms with E-state index < -0.39 is 6.09 Å². The number of pyridine rings is 2. The lowest BCUT2D eigenvalue weighted by atomic mass is 9.84. The third-order valence-electron chi connectivity index (χ3n) is 5.75. The summed E-state index contributed by atoms with van der Waals surface area (Å²) in [6.45, 7) is 7.62. The molecule has 9 nitrogen and oxygen atoms in total. The summed E-state index contributed by atoms with van der Waals surface area (Å²) >= 11 is 0. The number of carbonyl (C=O) groups is 1. The van der Waals surface area contributed by atoms with Crippen LogP contribution < -0.4 is 10.3 Å². The van der Waals surface area contributed by atoms with Gasteiger partial charge >= 0.3 is 6.09 Å². The first kappa shape index (κ1) is 20.5. The average molecular weight is 420 g/mol. The molecule has 2 N–H and O–H groups in total. The van der Waals surface area contributed by atoms with Crippen LogP contribution in [0.2, 0.25) is 0 Å². The summed E-state index contributed by atoms with van der Waals surface area (Å²) in [4.78, 5) is 34.9. The summed E-state index contributed by atoms with van der Waals surface area (Å²) in [7, 11) is 0. The minimum absolute atomic E-state index is 0.161. The second-order valence-electron chi connectivity index (χ2n) is 8.79. The Bertz CT molecular complexity index is 1230. The standard InChI is InChI=1S/C22H24N6O3/c1-22(2,3)18-13-26(6-7-27(18)21(30)31)19-5-4-14(11-24-19)17-8-16(29)9-20-25-12-15(10-23)28(17)20/h4-5,8-9,11-12,18,25H,6-7,13H2,1-3H3,(H,30,31). The molecule has 9 heteroatoms. The molecule has 1 unspecified atom stereocenters. The largest absolute Gasteiger partial charge is 0.465 e. The number of aromatic amines is 1. The first-order valence-corrected chi connectivity index (χ1v) is 10.0. The van der Waals surface area contributed by atoms with Gasteiger partial charge in [0.1, 0.15) is 23.2 Å². The molecule has 0 spiro atoms. The van der Waals surface area contributed by atoms with Crippen LogP contribution in [0.25, 0.3) is 16.9 Å². The molecule has 1 saturated heterocycles. The average Bonchev–Trinajstić information content (AvgIpc) is 3.15. The van der Waals surface area contributed by atoms with E-state index in [2.05, 4.69) is 20.9 Å². The molecule has 4 rings (SSSR count). The zero-order valence-electron chi connectivity index (χ0n) is 17.7. The highest BCUT2D eigenvalue weighted by molar-refractivity contribution is 5.67. The number of imidazole rings is 1. The number of piperazine rings is 1. The topological polar surface area (TPSA) is 118 Å². The molecule has 0 aromatic carbocycles. The van der Waals surface area contributed by atoms with Gasteiger partial charge in [0.2, 0.25) is 0 Å². The molecule has 4 heterocycles. The first-order valence-electron chi connectivity index (χ1n) is 10.0. The zero-order valence-corrected chi connectivity index (χ0v) is 17.7. The molecule has 0 bridgehead atoms. The maximum Gasteiger partial charge on any atom is 0.407 e. The highest BCUT2D eigenvalue weighted by atomic mass is 16.4. The van der Waals surface area contributed by atoms with E-state index in [1.165, 1.54) is 17.0 Å². The Balaban J connectivity index is 1.66. The molecule has 1 amide bonds. The Morgan fingerprint density at radius 3 is 2.68 bits per heavy atom. The van der Waals surface area contributed by atoms with Crippen LogP contribution in [0.5, 0.6) is 0 Å². The number of anilines is 1. The fourth-order valence-corrected chi connectivity index (χ4v) is 4.12. The quantitative estimate of drug-likeness (QED) is 0.658. The third-order valence-corrected chi connectivity index (χ3v) is 5.75. The fourth-order valence-electron chi connectivity index (χ4n) is 4.12. The summed E-state index contributed by atoms with van der Waals surface area (Å²) in [5.41, 5.74) is 1.86. The van der Waals surface area contributed by atoms with E-state index in [0.29, 0.717) is 42.2 Å². The number of amides is 1. The molecule has 3 aromatic heterocycles. The number of fused-ring (bicyclic) bond motifs is 1. The van der Waals surface area contributed by atoms with Gasteiger partial charge in [0.15, 0.2) is 5.43 Å². The van der Waals surface area contributed by atoms with E-state index in [9.17, 15) is 20.0 Å². The number of nitrogens with zero attached hydrogens (tertiary/aromatic N) is 5. The van der Waals surface area contributed by atoms with Crippen molar-refractivity contribution in [3.05, 3.63) is 52.6 Å². The third kappa shape index (κ3) is 3.72. The van der Waals surface area contributed by atoms with E-state index in [1.54, 1.807) is 16.8 Å². The van der Waals surface area contributed by atoms with Crippen molar-refractivity contribution in [2.45, 2.75) is 26.8 Å². The second kappa shape index (κ2) is 7.47.